The lowest BCUT2D eigenvalue weighted by molar-refractivity contribution is -0.0120. The summed E-state index contributed by atoms with van der Waals surface area (Å²) in [6, 6.07) is 0. The first-order valence-corrected chi connectivity index (χ1v) is 5.55. The Balaban J connectivity index is 1.89. The Morgan fingerprint density at radius 3 is 3.12 bits per heavy atom. The zero-order valence-corrected chi connectivity index (χ0v) is 9.33. The molecule has 0 radical (unpaired) electrons. The van der Waals surface area contributed by atoms with E-state index in [0.717, 1.165) is 25.9 Å². The largest absolute Gasteiger partial charge is 0.476 e. The molecule has 2 heterocycles. The van der Waals surface area contributed by atoms with Crippen LogP contribution in [0.4, 0.5) is 0 Å². The van der Waals surface area contributed by atoms with Crippen LogP contribution in [0.5, 0.6) is 5.88 Å². The first kappa shape index (κ1) is 11.8. The van der Waals surface area contributed by atoms with Crippen LogP contribution in [-0.4, -0.2) is 40.4 Å². The number of aromatic carboxylic acids is 1. The van der Waals surface area contributed by atoms with Crippen LogP contribution in [0.25, 0.3) is 0 Å². The Bertz CT molecular complexity index is 391. The van der Waals surface area contributed by atoms with Crippen molar-refractivity contribution in [3.8, 4) is 5.88 Å². The van der Waals surface area contributed by atoms with Gasteiger partial charge in [0.05, 0.1) is 18.5 Å². The van der Waals surface area contributed by atoms with Crippen molar-refractivity contribution in [1.82, 2.24) is 9.97 Å². The number of hydrogen-bond donors (Lipinski definition) is 1. The molecule has 0 saturated carbocycles. The maximum atomic E-state index is 10.7. The van der Waals surface area contributed by atoms with Crippen molar-refractivity contribution in [2.24, 2.45) is 0 Å². The molecule has 1 fully saturated rings. The van der Waals surface area contributed by atoms with E-state index in [1.54, 1.807) is 0 Å². The predicted molar refractivity (Wildman–Crippen MR) is 58.1 cm³/mol. The van der Waals surface area contributed by atoms with E-state index in [0.29, 0.717) is 6.61 Å². The molecule has 92 valence electrons. The van der Waals surface area contributed by atoms with E-state index in [4.69, 9.17) is 14.6 Å². The lowest BCUT2D eigenvalue weighted by atomic mass is 10.1. The zero-order valence-electron chi connectivity index (χ0n) is 9.33. The maximum absolute atomic E-state index is 10.7. The van der Waals surface area contributed by atoms with Crippen molar-refractivity contribution >= 4 is 5.97 Å². The van der Waals surface area contributed by atoms with E-state index in [1.165, 1.54) is 12.4 Å². The molecule has 17 heavy (non-hydrogen) atoms. The molecule has 1 atom stereocenters. The Morgan fingerprint density at radius 2 is 2.41 bits per heavy atom. The normalized spacial score (nSPS) is 19.9. The molecule has 0 bridgehead atoms. The van der Waals surface area contributed by atoms with E-state index in [2.05, 4.69) is 9.97 Å². The van der Waals surface area contributed by atoms with Crippen molar-refractivity contribution in [3.63, 3.8) is 0 Å². The highest BCUT2D eigenvalue weighted by molar-refractivity contribution is 5.84. The highest BCUT2D eigenvalue weighted by Gasteiger charge is 2.15. The van der Waals surface area contributed by atoms with Crippen LogP contribution in [0.15, 0.2) is 12.4 Å². The van der Waals surface area contributed by atoms with E-state index in [-0.39, 0.29) is 17.7 Å². The van der Waals surface area contributed by atoms with Crippen molar-refractivity contribution in [2.75, 3.05) is 13.2 Å². The van der Waals surface area contributed by atoms with Gasteiger partial charge in [-0.2, -0.15) is 0 Å². The fourth-order valence-corrected chi connectivity index (χ4v) is 1.64. The average molecular weight is 238 g/mol. The van der Waals surface area contributed by atoms with Crippen LogP contribution in [-0.2, 0) is 4.74 Å². The standard InChI is InChI=1S/C11H14N2O4/c14-11(15)9-5-12-6-10(13-9)17-7-8-3-1-2-4-16-8/h5-6,8H,1-4,7H2,(H,14,15). The molecule has 1 aromatic rings. The Hall–Kier alpha value is -1.69. The number of aromatic nitrogens is 2. The summed E-state index contributed by atoms with van der Waals surface area (Å²) in [7, 11) is 0. The van der Waals surface area contributed by atoms with Gasteiger partial charge < -0.3 is 14.6 Å². The minimum atomic E-state index is -1.11. The van der Waals surface area contributed by atoms with Gasteiger partial charge in [-0.3, -0.25) is 4.98 Å². The van der Waals surface area contributed by atoms with Gasteiger partial charge in [0.2, 0.25) is 5.88 Å². The van der Waals surface area contributed by atoms with Gasteiger partial charge in [0.1, 0.15) is 6.61 Å². The predicted octanol–water partition coefficient (Wildman–Crippen LogP) is 1.12. The van der Waals surface area contributed by atoms with Gasteiger partial charge in [0.25, 0.3) is 0 Å². The Morgan fingerprint density at radius 1 is 1.53 bits per heavy atom. The SMILES string of the molecule is O=C(O)c1cncc(OCC2CCCCO2)n1. The first-order valence-electron chi connectivity index (χ1n) is 5.55. The molecular formula is C11H14N2O4. The minimum Gasteiger partial charge on any atom is -0.476 e. The van der Waals surface area contributed by atoms with Crippen LogP contribution in [0.2, 0.25) is 0 Å². The molecule has 1 N–H and O–H groups in total. The average Bonchev–Trinajstić information content (AvgIpc) is 2.38. The van der Waals surface area contributed by atoms with Gasteiger partial charge in [-0.15, -0.1) is 0 Å². The lowest BCUT2D eigenvalue weighted by Crippen LogP contribution is -2.26. The van der Waals surface area contributed by atoms with Crippen molar-refractivity contribution in [2.45, 2.75) is 25.4 Å². The number of nitrogens with zero attached hydrogens (tertiary/aromatic N) is 2. The van der Waals surface area contributed by atoms with Crippen molar-refractivity contribution in [3.05, 3.63) is 18.1 Å². The molecule has 1 unspecified atom stereocenters. The van der Waals surface area contributed by atoms with E-state index < -0.39 is 5.97 Å². The summed E-state index contributed by atoms with van der Waals surface area (Å²) in [6.07, 6.45) is 5.84. The number of carboxylic acids is 1. The molecule has 1 aliphatic rings. The summed E-state index contributed by atoms with van der Waals surface area (Å²) in [4.78, 5) is 18.3. The number of carboxylic acid groups (broad SMARTS) is 1. The molecule has 0 spiro atoms. The van der Waals surface area contributed by atoms with Crippen molar-refractivity contribution < 1.29 is 19.4 Å². The quantitative estimate of drug-likeness (QED) is 0.846. The fourth-order valence-electron chi connectivity index (χ4n) is 1.64. The second-order valence-corrected chi connectivity index (χ2v) is 3.85. The fraction of sp³-hybridized carbons (Fsp3) is 0.545. The van der Waals surface area contributed by atoms with Crippen LogP contribution in [0, 0.1) is 0 Å². The summed E-state index contributed by atoms with van der Waals surface area (Å²) in [5.74, 6) is -0.893. The van der Waals surface area contributed by atoms with Crippen LogP contribution in [0.3, 0.4) is 0 Å². The molecule has 0 aromatic carbocycles. The number of rotatable bonds is 4. The Kier molecular flexibility index (Phi) is 3.87. The number of carbonyl (C=O) groups is 1. The first-order chi connectivity index (χ1) is 8.25. The van der Waals surface area contributed by atoms with Gasteiger partial charge in [0.15, 0.2) is 5.69 Å². The van der Waals surface area contributed by atoms with Crippen LogP contribution >= 0.6 is 0 Å². The maximum Gasteiger partial charge on any atom is 0.356 e. The molecule has 1 saturated heterocycles. The van der Waals surface area contributed by atoms with Gasteiger partial charge in [-0.25, -0.2) is 9.78 Å². The third-order valence-corrected chi connectivity index (χ3v) is 2.52. The van der Waals surface area contributed by atoms with Gasteiger partial charge >= 0.3 is 5.97 Å². The van der Waals surface area contributed by atoms with E-state index >= 15 is 0 Å². The van der Waals surface area contributed by atoms with Crippen LogP contribution < -0.4 is 4.74 Å². The van der Waals surface area contributed by atoms with E-state index in [9.17, 15) is 4.79 Å². The highest BCUT2D eigenvalue weighted by Crippen LogP contribution is 2.14. The molecule has 0 aliphatic carbocycles. The van der Waals surface area contributed by atoms with Crippen molar-refractivity contribution in [1.29, 1.82) is 0 Å². The zero-order chi connectivity index (χ0) is 12.1. The summed E-state index contributed by atoms with van der Waals surface area (Å²) in [6.45, 7) is 1.15. The highest BCUT2D eigenvalue weighted by atomic mass is 16.5. The molecule has 1 aliphatic heterocycles. The molecule has 6 heteroatoms. The molecule has 6 nitrogen and oxygen atoms in total. The molecule has 0 amide bonds. The summed E-state index contributed by atoms with van der Waals surface area (Å²) >= 11 is 0. The van der Waals surface area contributed by atoms with Crippen LogP contribution in [0.1, 0.15) is 29.8 Å². The number of ether oxygens (including phenoxy) is 2. The third kappa shape index (κ3) is 3.39. The van der Waals surface area contributed by atoms with E-state index in [1.807, 2.05) is 0 Å². The Labute approximate surface area is 98.6 Å². The molecule has 1 aromatic heterocycles. The third-order valence-electron chi connectivity index (χ3n) is 2.52. The summed E-state index contributed by atoms with van der Waals surface area (Å²) in [5.41, 5.74) is -0.118. The monoisotopic (exact) mass is 238 g/mol. The smallest absolute Gasteiger partial charge is 0.356 e. The van der Waals surface area contributed by atoms with Gasteiger partial charge in [-0.1, -0.05) is 0 Å². The summed E-state index contributed by atoms with van der Waals surface area (Å²) < 4.78 is 10.9. The molecule has 2 rings (SSSR count). The minimum absolute atomic E-state index is 0.0686. The number of hydrogen-bond acceptors (Lipinski definition) is 5. The van der Waals surface area contributed by atoms with Gasteiger partial charge in [-0.05, 0) is 19.3 Å². The lowest BCUT2D eigenvalue weighted by Gasteiger charge is -2.22. The second-order valence-electron chi connectivity index (χ2n) is 3.85. The molecular weight excluding hydrogens is 224 g/mol. The summed E-state index contributed by atoms with van der Waals surface area (Å²) in [5, 5.41) is 8.74. The second kappa shape index (κ2) is 5.58. The van der Waals surface area contributed by atoms with Gasteiger partial charge in [0, 0.05) is 6.61 Å². The topological polar surface area (TPSA) is 81.5 Å².